The molecule has 174 valence electrons. The second kappa shape index (κ2) is 9.68. The SMILES string of the molecule is O=S(=O)(c1ccccc1)C(/C=C/n1nnc2ccccc21)(Cc1ccccc1)Cc1ccccc1. The number of nitrogens with zero attached hydrogens (tertiary/aromatic N) is 3. The fraction of sp³-hybridized carbons (Fsp3) is 0.103. The van der Waals surface area contributed by atoms with Crippen molar-refractivity contribution in [2.45, 2.75) is 22.5 Å². The van der Waals surface area contributed by atoms with E-state index in [0.717, 1.165) is 22.2 Å². The van der Waals surface area contributed by atoms with Crippen LogP contribution < -0.4 is 0 Å². The Labute approximate surface area is 205 Å². The lowest BCUT2D eigenvalue weighted by atomic mass is 9.91. The Kier molecular flexibility index (Phi) is 6.29. The third-order valence-electron chi connectivity index (χ3n) is 6.18. The van der Waals surface area contributed by atoms with Crippen LogP contribution in [0.3, 0.4) is 0 Å². The average molecular weight is 480 g/mol. The molecule has 1 heterocycles. The summed E-state index contributed by atoms with van der Waals surface area (Å²) in [6, 6.07) is 35.8. The van der Waals surface area contributed by atoms with E-state index < -0.39 is 14.6 Å². The van der Waals surface area contributed by atoms with E-state index in [-0.39, 0.29) is 0 Å². The van der Waals surface area contributed by atoms with E-state index in [2.05, 4.69) is 10.3 Å². The molecule has 0 fully saturated rings. The molecule has 0 aliphatic rings. The number of fused-ring (bicyclic) bond motifs is 1. The summed E-state index contributed by atoms with van der Waals surface area (Å²) in [5, 5.41) is 8.47. The zero-order chi connectivity index (χ0) is 24.1. The van der Waals surface area contributed by atoms with Crippen molar-refractivity contribution in [1.29, 1.82) is 0 Å². The largest absolute Gasteiger partial charge is 0.223 e. The van der Waals surface area contributed by atoms with Gasteiger partial charge in [0.1, 0.15) is 10.3 Å². The Morgan fingerprint density at radius 3 is 1.80 bits per heavy atom. The highest BCUT2D eigenvalue weighted by Gasteiger charge is 2.43. The van der Waals surface area contributed by atoms with Crippen LogP contribution in [0, 0.1) is 0 Å². The number of para-hydroxylation sites is 1. The Morgan fingerprint density at radius 2 is 1.20 bits per heavy atom. The summed E-state index contributed by atoms with van der Waals surface area (Å²) >= 11 is 0. The minimum atomic E-state index is -3.81. The van der Waals surface area contributed by atoms with Gasteiger partial charge < -0.3 is 0 Å². The number of sulfone groups is 1. The van der Waals surface area contributed by atoms with Crippen molar-refractivity contribution in [3.63, 3.8) is 0 Å². The number of hydrogen-bond donors (Lipinski definition) is 0. The molecule has 5 aromatic rings. The third kappa shape index (κ3) is 4.66. The first-order chi connectivity index (χ1) is 17.1. The predicted octanol–water partition coefficient (Wildman–Crippen LogP) is 5.60. The van der Waals surface area contributed by atoms with Gasteiger partial charge in [0.05, 0.1) is 10.4 Å². The lowest BCUT2D eigenvalue weighted by Gasteiger charge is -2.31. The molecule has 6 heteroatoms. The summed E-state index contributed by atoms with van der Waals surface area (Å²) in [7, 11) is -3.81. The minimum absolute atomic E-state index is 0.292. The molecular weight excluding hydrogens is 454 g/mol. The highest BCUT2D eigenvalue weighted by Crippen LogP contribution is 2.35. The molecule has 5 nitrogen and oxygen atoms in total. The van der Waals surface area contributed by atoms with Crippen molar-refractivity contribution in [2.75, 3.05) is 0 Å². The van der Waals surface area contributed by atoms with E-state index in [4.69, 9.17) is 0 Å². The second-order valence-corrected chi connectivity index (χ2v) is 10.8. The van der Waals surface area contributed by atoms with Gasteiger partial charge in [-0.15, -0.1) is 5.10 Å². The van der Waals surface area contributed by atoms with Crippen molar-refractivity contribution >= 4 is 27.1 Å². The summed E-state index contributed by atoms with van der Waals surface area (Å²) in [5.41, 5.74) is 3.45. The van der Waals surface area contributed by atoms with Gasteiger partial charge >= 0.3 is 0 Å². The molecule has 0 spiro atoms. The lowest BCUT2D eigenvalue weighted by molar-refractivity contribution is 0.545. The molecular formula is C29H25N3O2S. The third-order valence-corrected chi connectivity index (χ3v) is 8.57. The molecule has 1 aromatic heterocycles. The number of benzene rings is 4. The van der Waals surface area contributed by atoms with Gasteiger partial charge in [0.25, 0.3) is 0 Å². The number of aromatic nitrogens is 3. The first-order valence-corrected chi connectivity index (χ1v) is 12.9. The zero-order valence-electron chi connectivity index (χ0n) is 19.1. The Bertz CT molecular complexity index is 1500. The van der Waals surface area contributed by atoms with E-state index in [1.807, 2.05) is 91.0 Å². The van der Waals surface area contributed by atoms with Crippen LogP contribution in [0.4, 0.5) is 0 Å². The molecule has 0 unspecified atom stereocenters. The van der Waals surface area contributed by atoms with Gasteiger partial charge in [-0.3, -0.25) is 0 Å². The monoisotopic (exact) mass is 479 g/mol. The lowest BCUT2D eigenvalue weighted by Crippen LogP contribution is -2.41. The van der Waals surface area contributed by atoms with E-state index in [9.17, 15) is 8.42 Å². The van der Waals surface area contributed by atoms with E-state index in [1.165, 1.54) is 0 Å². The summed E-state index contributed by atoms with van der Waals surface area (Å²) in [6.45, 7) is 0. The normalized spacial score (nSPS) is 12.3. The highest BCUT2D eigenvalue weighted by molar-refractivity contribution is 7.93. The van der Waals surface area contributed by atoms with Crippen LogP contribution >= 0.6 is 0 Å². The predicted molar refractivity (Wildman–Crippen MR) is 140 cm³/mol. The summed E-state index contributed by atoms with van der Waals surface area (Å²) in [6.07, 6.45) is 4.14. The van der Waals surface area contributed by atoms with Crippen LogP contribution in [0.5, 0.6) is 0 Å². The molecule has 4 aromatic carbocycles. The topological polar surface area (TPSA) is 64.8 Å². The van der Waals surface area contributed by atoms with Crippen LogP contribution in [-0.4, -0.2) is 28.2 Å². The summed E-state index contributed by atoms with van der Waals surface area (Å²) in [5.74, 6) is 0. The molecule has 0 radical (unpaired) electrons. The van der Waals surface area contributed by atoms with Crippen LogP contribution in [0.15, 0.2) is 126 Å². The summed E-state index contributed by atoms with van der Waals surface area (Å²) in [4.78, 5) is 0.292. The molecule has 0 saturated heterocycles. The highest BCUT2D eigenvalue weighted by atomic mass is 32.2. The van der Waals surface area contributed by atoms with E-state index in [0.29, 0.717) is 17.7 Å². The molecule has 0 bridgehead atoms. The molecule has 5 rings (SSSR count). The van der Waals surface area contributed by atoms with Gasteiger partial charge in [-0.05, 0) is 54.3 Å². The quantitative estimate of drug-likeness (QED) is 0.291. The first kappa shape index (κ1) is 22.7. The molecule has 0 saturated carbocycles. The van der Waals surface area contributed by atoms with Gasteiger partial charge in [-0.25, -0.2) is 13.1 Å². The van der Waals surface area contributed by atoms with Crippen molar-refractivity contribution in [3.05, 3.63) is 132 Å². The van der Waals surface area contributed by atoms with Crippen molar-refractivity contribution in [3.8, 4) is 0 Å². The molecule has 0 atom stereocenters. The van der Waals surface area contributed by atoms with Crippen molar-refractivity contribution in [2.24, 2.45) is 0 Å². The number of hydrogen-bond acceptors (Lipinski definition) is 4. The van der Waals surface area contributed by atoms with Crippen LogP contribution in [0.25, 0.3) is 17.2 Å². The standard InChI is InChI=1S/C29H25N3O2S/c33-35(34,26-16-8-3-9-17-26)29(22-24-12-4-1-5-13-24,23-25-14-6-2-7-15-25)20-21-32-28-19-11-10-18-27(28)30-31-32/h1-21H,22-23H2/b21-20+. The number of rotatable bonds is 8. The fourth-order valence-corrected chi connectivity index (χ4v) is 6.32. The summed E-state index contributed by atoms with van der Waals surface area (Å²) < 4.78 is 29.2. The molecule has 0 aliphatic carbocycles. The molecule has 0 amide bonds. The van der Waals surface area contributed by atoms with Crippen LogP contribution in [0.2, 0.25) is 0 Å². The fourth-order valence-electron chi connectivity index (χ4n) is 4.38. The van der Waals surface area contributed by atoms with Gasteiger partial charge in [-0.1, -0.05) is 96.2 Å². The van der Waals surface area contributed by atoms with E-state index >= 15 is 0 Å². The van der Waals surface area contributed by atoms with Crippen LogP contribution in [-0.2, 0) is 22.7 Å². The molecule has 35 heavy (non-hydrogen) atoms. The van der Waals surface area contributed by atoms with Gasteiger partial charge in [0, 0.05) is 6.20 Å². The Balaban J connectivity index is 1.71. The maximum absolute atomic E-state index is 14.4. The molecule has 0 N–H and O–H groups in total. The van der Waals surface area contributed by atoms with E-state index in [1.54, 1.807) is 41.2 Å². The van der Waals surface area contributed by atoms with Crippen LogP contribution in [0.1, 0.15) is 11.1 Å². The Hall–Kier alpha value is -4.03. The zero-order valence-corrected chi connectivity index (χ0v) is 19.9. The first-order valence-electron chi connectivity index (χ1n) is 11.4. The smallest absolute Gasteiger partial charge is 0.188 e. The molecule has 0 aliphatic heterocycles. The maximum Gasteiger partial charge on any atom is 0.188 e. The van der Waals surface area contributed by atoms with Gasteiger partial charge in [-0.2, -0.15) is 0 Å². The minimum Gasteiger partial charge on any atom is -0.223 e. The van der Waals surface area contributed by atoms with Crippen molar-refractivity contribution < 1.29 is 8.42 Å². The van der Waals surface area contributed by atoms with Gasteiger partial charge in [0.15, 0.2) is 9.84 Å². The Morgan fingerprint density at radius 1 is 0.686 bits per heavy atom. The van der Waals surface area contributed by atoms with Crippen molar-refractivity contribution in [1.82, 2.24) is 15.0 Å². The average Bonchev–Trinajstić information content (AvgIpc) is 3.32. The second-order valence-electron chi connectivity index (χ2n) is 8.54. The van der Waals surface area contributed by atoms with Gasteiger partial charge in [0.2, 0.25) is 0 Å². The maximum atomic E-state index is 14.4.